The molecule has 3 fully saturated rings. The first kappa shape index (κ1) is 31.3. The number of aliphatic hydroxyl groups excluding tert-OH is 1. The SMILES string of the molecule is O=C(c1csc(C2CC2)n1)N1CCOC2(CCN(CCOc3ccc(CNCC(O)c4ccc(O)c5[nH]c(=O)sc45)cc3)CC2)C1. The number of rotatable bonds is 11. The molecule has 1 aliphatic carbocycles. The third-order valence-corrected chi connectivity index (χ3v) is 11.1. The second-order valence-electron chi connectivity index (χ2n) is 12.5. The van der Waals surface area contributed by atoms with E-state index in [0.717, 1.165) is 60.1 Å². The average molecular weight is 666 g/mol. The fraction of sp³-hybridized carbons (Fsp3) is 0.485. The van der Waals surface area contributed by atoms with Crippen LogP contribution in [0.2, 0.25) is 0 Å². The Labute approximate surface area is 274 Å². The maximum absolute atomic E-state index is 13.2. The molecule has 1 unspecified atom stereocenters. The Bertz CT molecular complexity index is 1720. The van der Waals surface area contributed by atoms with Crippen LogP contribution < -0.4 is 14.9 Å². The lowest BCUT2D eigenvalue weighted by molar-refractivity contribution is -0.127. The lowest BCUT2D eigenvalue weighted by atomic mass is 9.89. The highest BCUT2D eigenvalue weighted by molar-refractivity contribution is 7.16. The molecule has 244 valence electrons. The molecule has 4 aromatic rings. The number of ether oxygens (including phenoxy) is 2. The van der Waals surface area contributed by atoms with E-state index in [1.165, 1.54) is 18.9 Å². The highest BCUT2D eigenvalue weighted by Gasteiger charge is 2.41. The summed E-state index contributed by atoms with van der Waals surface area (Å²) in [5, 5.41) is 27.0. The van der Waals surface area contributed by atoms with Gasteiger partial charge >= 0.3 is 4.87 Å². The molecule has 13 heteroatoms. The van der Waals surface area contributed by atoms with Crippen LogP contribution in [-0.4, -0.2) is 94.0 Å². The number of phenolic OH excluding ortho intramolecular Hbond substituents is 1. The van der Waals surface area contributed by atoms with Crippen LogP contribution in [-0.2, 0) is 11.3 Å². The van der Waals surface area contributed by atoms with Gasteiger partial charge in [0.25, 0.3) is 5.91 Å². The molecule has 2 saturated heterocycles. The standard InChI is InChI=1S/C33H39N5O6S2/c39-26-8-7-24(29-28(26)36-32(42)46-29)27(40)18-34-17-21-1-5-23(6-2-21)43-15-13-37-11-9-33(10-12-37)20-38(14-16-44-33)31(41)25-19-45-30(35-25)22-3-4-22/h1-2,5-8,19,22,27,34,39-40H,3-4,9-18,20H2,(H,36,42). The van der Waals surface area contributed by atoms with Crippen molar-refractivity contribution in [2.45, 2.75) is 49.9 Å². The third-order valence-electron chi connectivity index (χ3n) is 9.18. The molecule has 0 bridgehead atoms. The van der Waals surface area contributed by atoms with Gasteiger partial charge in [0.2, 0.25) is 0 Å². The Kier molecular flexibility index (Phi) is 9.12. The average Bonchev–Trinajstić information content (AvgIpc) is 3.65. The number of hydrogen-bond donors (Lipinski definition) is 4. The Morgan fingerprint density at radius 1 is 1.17 bits per heavy atom. The number of piperidine rings is 1. The number of H-pyrrole nitrogens is 1. The molecule has 2 aromatic heterocycles. The minimum absolute atomic E-state index is 0.00608. The number of nitrogens with one attached hydrogen (secondary N) is 2. The normalized spacial score (nSPS) is 19.1. The molecule has 3 aliphatic rings. The van der Waals surface area contributed by atoms with E-state index in [2.05, 4.69) is 20.2 Å². The number of likely N-dealkylation sites (tertiary alicyclic amines) is 1. The monoisotopic (exact) mass is 665 g/mol. The van der Waals surface area contributed by atoms with Gasteiger partial charge in [-0.1, -0.05) is 29.5 Å². The van der Waals surface area contributed by atoms with Gasteiger partial charge in [0.05, 0.1) is 34.6 Å². The molecular weight excluding hydrogens is 627 g/mol. The number of carbonyl (C=O) groups excluding carboxylic acids is 1. The summed E-state index contributed by atoms with van der Waals surface area (Å²) >= 11 is 2.60. The van der Waals surface area contributed by atoms with Crippen LogP contribution >= 0.6 is 22.7 Å². The van der Waals surface area contributed by atoms with Gasteiger partial charge < -0.3 is 34.9 Å². The highest BCUT2D eigenvalue weighted by Crippen LogP contribution is 2.41. The Morgan fingerprint density at radius 3 is 2.76 bits per heavy atom. The van der Waals surface area contributed by atoms with E-state index in [1.54, 1.807) is 17.4 Å². The quantitative estimate of drug-likeness (QED) is 0.188. The van der Waals surface area contributed by atoms with Crippen molar-refractivity contribution in [2.75, 3.05) is 52.5 Å². The summed E-state index contributed by atoms with van der Waals surface area (Å²) in [6.07, 6.45) is 3.34. The number of aromatic hydroxyl groups is 1. The largest absolute Gasteiger partial charge is 0.506 e. The number of carbonyl (C=O) groups is 1. The number of nitrogens with zero attached hydrogens (tertiary/aromatic N) is 3. The molecule has 1 saturated carbocycles. The van der Waals surface area contributed by atoms with Crippen LogP contribution in [0.15, 0.2) is 46.6 Å². The minimum atomic E-state index is -0.823. The number of morpholine rings is 1. The van der Waals surface area contributed by atoms with Gasteiger partial charge in [-0.15, -0.1) is 11.3 Å². The molecule has 4 N–H and O–H groups in total. The molecule has 7 rings (SSSR count). The van der Waals surface area contributed by atoms with E-state index in [4.69, 9.17) is 9.47 Å². The molecule has 46 heavy (non-hydrogen) atoms. The van der Waals surface area contributed by atoms with E-state index in [-0.39, 0.29) is 22.1 Å². The van der Waals surface area contributed by atoms with Gasteiger partial charge in [0.1, 0.15) is 29.3 Å². The predicted octanol–water partition coefficient (Wildman–Crippen LogP) is 3.84. The van der Waals surface area contributed by atoms with Crippen LogP contribution in [0.25, 0.3) is 10.2 Å². The number of aromatic amines is 1. The lowest BCUT2D eigenvalue weighted by Gasteiger charge is -2.47. The van der Waals surface area contributed by atoms with Crippen molar-refractivity contribution < 1.29 is 24.5 Å². The third kappa shape index (κ3) is 6.99. The lowest BCUT2D eigenvalue weighted by Crippen LogP contribution is -2.58. The first-order valence-corrected chi connectivity index (χ1v) is 17.6. The van der Waals surface area contributed by atoms with Crippen LogP contribution in [0.4, 0.5) is 0 Å². The topological polar surface area (TPSA) is 140 Å². The summed E-state index contributed by atoms with van der Waals surface area (Å²) in [7, 11) is 0. The zero-order valence-electron chi connectivity index (χ0n) is 25.6. The second kappa shape index (κ2) is 13.4. The van der Waals surface area contributed by atoms with Crippen molar-refractivity contribution in [3.8, 4) is 11.5 Å². The molecule has 11 nitrogen and oxygen atoms in total. The smallest absolute Gasteiger partial charge is 0.305 e. The van der Waals surface area contributed by atoms with Crippen LogP contribution in [0.3, 0.4) is 0 Å². The fourth-order valence-electron chi connectivity index (χ4n) is 6.33. The van der Waals surface area contributed by atoms with E-state index in [0.29, 0.717) is 66.8 Å². The highest BCUT2D eigenvalue weighted by atomic mass is 32.1. The van der Waals surface area contributed by atoms with Crippen LogP contribution in [0, 0.1) is 0 Å². The zero-order valence-corrected chi connectivity index (χ0v) is 27.2. The Hall–Kier alpha value is -3.33. The molecule has 1 amide bonds. The van der Waals surface area contributed by atoms with E-state index >= 15 is 0 Å². The maximum Gasteiger partial charge on any atom is 0.305 e. The minimum Gasteiger partial charge on any atom is -0.506 e. The number of thiazole rings is 2. The van der Waals surface area contributed by atoms with Gasteiger partial charge in [0.15, 0.2) is 0 Å². The summed E-state index contributed by atoms with van der Waals surface area (Å²) in [6, 6.07) is 11.0. The number of phenols is 1. The number of aliphatic hydroxyl groups is 1. The number of aromatic nitrogens is 2. The summed E-state index contributed by atoms with van der Waals surface area (Å²) < 4.78 is 12.9. The van der Waals surface area contributed by atoms with Crippen molar-refractivity contribution >= 4 is 38.8 Å². The fourth-order valence-corrected chi connectivity index (χ4v) is 8.21. The van der Waals surface area contributed by atoms with Gasteiger partial charge in [-0.25, -0.2) is 4.98 Å². The van der Waals surface area contributed by atoms with Crippen molar-refractivity contribution in [3.05, 3.63) is 73.3 Å². The van der Waals surface area contributed by atoms with Gasteiger partial charge in [-0.2, -0.15) is 0 Å². The molecule has 0 radical (unpaired) electrons. The summed E-state index contributed by atoms with van der Waals surface area (Å²) in [4.78, 5) is 36.3. The maximum atomic E-state index is 13.2. The molecular formula is C33H39N5O6S2. The summed E-state index contributed by atoms with van der Waals surface area (Å²) in [5.74, 6) is 1.40. The zero-order chi connectivity index (χ0) is 31.7. The van der Waals surface area contributed by atoms with Crippen molar-refractivity contribution in [3.63, 3.8) is 0 Å². The van der Waals surface area contributed by atoms with Gasteiger partial charge in [-0.05, 0) is 49.4 Å². The van der Waals surface area contributed by atoms with Crippen molar-refractivity contribution in [1.29, 1.82) is 0 Å². The van der Waals surface area contributed by atoms with E-state index in [9.17, 15) is 19.8 Å². The van der Waals surface area contributed by atoms with E-state index in [1.807, 2.05) is 34.5 Å². The molecule has 1 atom stereocenters. The Balaban J connectivity index is 0.822. The molecule has 4 heterocycles. The van der Waals surface area contributed by atoms with Crippen molar-refractivity contribution in [2.24, 2.45) is 0 Å². The number of amides is 1. The number of benzene rings is 2. The summed E-state index contributed by atoms with van der Waals surface area (Å²) in [5.41, 5.74) is 2.33. The molecule has 2 aromatic carbocycles. The molecule has 2 aliphatic heterocycles. The van der Waals surface area contributed by atoms with Gasteiger partial charge in [-0.3, -0.25) is 14.5 Å². The number of hydrogen-bond acceptors (Lipinski definition) is 11. The van der Waals surface area contributed by atoms with Gasteiger partial charge in [0, 0.05) is 56.1 Å². The number of fused-ring (bicyclic) bond motifs is 1. The van der Waals surface area contributed by atoms with Crippen LogP contribution in [0.5, 0.6) is 11.5 Å². The molecule has 1 spiro atoms. The second-order valence-corrected chi connectivity index (χ2v) is 14.3. The van der Waals surface area contributed by atoms with E-state index < -0.39 is 6.10 Å². The first-order chi connectivity index (χ1) is 22.4. The first-order valence-electron chi connectivity index (χ1n) is 15.9. The predicted molar refractivity (Wildman–Crippen MR) is 177 cm³/mol. The summed E-state index contributed by atoms with van der Waals surface area (Å²) in [6.45, 7) is 5.90. The Morgan fingerprint density at radius 2 is 1.98 bits per heavy atom. The van der Waals surface area contributed by atoms with Crippen LogP contribution in [0.1, 0.15) is 64.3 Å². The van der Waals surface area contributed by atoms with Crippen molar-refractivity contribution in [1.82, 2.24) is 25.1 Å².